The van der Waals surface area contributed by atoms with Crippen molar-refractivity contribution in [2.45, 2.75) is 50.6 Å². The summed E-state index contributed by atoms with van der Waals surface area (Å²) >= 11 is 0. The summed E-state index contributed by atoms with van der Waals surface area (Å²) in [6, 6.07) is 20.7. The molecule has 0 aliphatic heterocycles. The van der Waals surface area contributed by atoms with E-state index in [4.69, 9.17) is 4.18 Å². The summed E-state index contributed by atoms with van der Waals surface area (Å²) in [5.41, 5.74) is 1.71. The lowest BCUT2D eigenvalue weighted by Crippen LogP contribution is -2.39. The Labute approximate surface area is 194 Å². The molecular weight excluding hydrogens is 441 g/mol. The van der Waals surface area contributed by atoms with Gasteiger partial charge in [-0.05, 0) is 67.8 Å². The van der Waals surface area contributed by atoms with E-state index < -0.39 is 15.9 Å². The number of nitrogens with zero attached hydrogens (tertiary/aromatic N) is 1. The molecule has 0 aliphatic rings. The SMILES string of the molecule is CC[C@H](C(=O)N(Cc1cccc(OS(=O)(=O)c2ccc(F)cc2)c1)C(C)C)c1ccccc1. The number of halogens is 1. The van der Waals surface area contributed by atoms with Gasteiger partial charge in [-0.3, -0.25) is 4.79 Å². The number of rotatable bonds is 9. The molecule has 0 N–H and O–H groups in total. The van der Waals surface area contributed by atoms with Crippen LogP contribution < -0.4 is 4.18 Å². The average Bonchev–Trinajstić information content (AvgIpc) is 2.78. The van der Waals surface area contributed by atoms with Crippen molar-refractivity contribution in [2.75, 3.05) is 0 Å². The molecule has 0 spiro atoms. The maximum Gasteiger partial charge on any atom is 0.339 e. The maximum absolute atomic E-state index is 13.4. The van der Waals surface area contributed by atoms with Crippen LogP contribution in [0.3, 0.4) is 0 Å². The van der Waals surface area contributed by atoms with E-state index in [1.54, 1.807) is 17.0 Å². The fourth-order valence-corrected chi connectivity index (χ4v) is 4.54. The maximum atomic E-state index is 13.4. The Kier molecular flexibility index (Phi) is 7.87. The number of carbonyl (C=O) groups excluding carboxylic acids is 1. The molecular formula is C26H28FNO4S. The van der Waals surface area contributed by atoms with Gasteiger partial charge in [0.1, 0.15) is 16.5 Å². The Morgan fingerprint density at radius 2 is 1.64 bits per heavy atom. The van der Waals surface area contributed by atoms with Gasteiger partial charge in [0.15, 0.2) is 0 Å². The summed E-state index contributed by atoms with van der Waals surface area (Å²) in [5, 5.41) is 0. The van der Waals surface area contributed by atoms with Crippen molar-refractivity contribution in [1.29, 1.82) is 0 Å². The number of hydrogen-bond donors (Lipinski definition) is 0. The number of hydrogen-bond acceptors (Lipinski definition) is 4. The van der Waals surface area contributed by atoms with Crippen LogP contribution in [0.15, 0.2) is 83.8 Å². The molecule has 0 bridgehead atoms. The first-order valence-electron chi connectivity index (χ1n) is 10.9. The minimum atomic E-state index is -4.11. The van der Waals surface area contributed by atoms with Gasteiger partial charge < -0.3 is 9.08 Å². The largest absolute Gasteiger partial charge is 0.379 e. The molecule has 3 aromatic rings. The van der Waals surface area contributed by atoms with Gasteiger partial charge in [-0.2, -0.15) is 8.42 Å². The molecule has 0 aliphatic carbocycles. The molecule has 0 radical (unpaired) electrons. The van der Waals surface area contributed by atoms with E-state index in [-0.39, 0.29) is 28.5 Å². The van der Waals surface area contributed by atoms with Crippen molar-refractivity contribution in [3.8, 4) is 5.75 Å². The van der Waals surface area contributed by atoms with Crippen molar-refractivity contribution < 1.29 is 21.8 Å². The zero-order valence-electron chi connectivity index (χ0n) is 18.9. The van der Waals surface area contributed by atoms with E-state index in [2.05, 4.69) is 0 Å². The highest BCUT2D eigenvalue weighted by Gasteiger charge is 2.26. The zero-order valence-corrected chi connectivity index (χ0v) is 19.8. The van der Waals surface area contributed by atoms with Crippen LogP contribution in [0.2, 0.25) is 0 Å². The Bertz CT molecular complexity index is 1180. The second-order valence-corrected chi connectivity index (χ2v) is 9.62. The summed E-state index contributed by atoms with van der Waals surface area (Å²) in [6.45, 7) is 6.21. The van der Waals surface area contributed by atoms with Gasteiger partial charge in [-0.25, -0.2) is 4.39 Å². The van der Waals surface area contributed by atoms with Gasteiger partial charge >= 0.3 is 10.1 Å². The predicted octanol–water partition coefficient (Wildman–Crippen LogP) is 5.52. The van der Waals surface area contributed by atoms with E-state index in [1.807, 2.05) is 57.2 Å². The van der Waals surface area contributed by atoms with E-state index >= 15 is 0 Å². The fourth-order valence-electron chi connectivity index (χ4n) is 3.62. The molecule has 33 heavy (non-hydrogen) atoms. The topological polar surface area (TPSA) is 63.7 Å². The predicted molar refractivity (Wildman–Crippen MR) is 126 cm³/mol. The van der Waals surface area contributed by atoms with Crippen LogP contribution in [0.4, 0.5) is 4.39 Å². The van der Waals surface area contributed by atoms with Crippen molar-refractivity contribution >= 4 is 16.0 Å². The molecule has 174 valence electrons. The molecule has 0 saturated carbocycles. The minimum Gasteiger partial charge on any atom is -0.379 e. The lowest BCUT2D eigenvalue weighted by Gasteiger charge is -2.31. The molecule has 3 rings (SSSR count). The van der Waals surface area contributed by atoms with E-state index in [9.17, 15) is 17.6 Å². The van der Waals surface area contributed by atoms with Gasteiger partial charge in [-0.1, -0.05) is 49.4 Å². The molecule has 1 atom stereocenters. The second-order valence-electron chi connectivity index (χ2n) is 8.07. The first-order valence-corrected chi connectivity index (χ1v) is 12.3. The third-order valence-corrected chi connectivity index (χ3v) is 6.64. The van der Waals surface area contributed by atoms with Gasteiger partial charge in [0.2, 0.25) is 5.91 Å². The van der Waals surface area contributed by atoms with E-state index in [0.29, 0.717) is 13.0 Å². The van der Waals surface area contributed by atoms with E-state index in [0.717, 1.165) is 35.4 Å². The second kappa shape index (κ2) is 10.6. The smallest absolute Gasteiger partial charge is 0.339 e. The van der Waals surface area contributed by atoms with Crippen LogP contribution in [0.1, 0.15) is 44.2 Å². The van der Waals surface area contributed by atoms with E-state index in [1.165, 1.54) is 6.07 Å². The quantitative estimate of drug-likeness (QED) is 0.387. The third kappa shape index (κ3) is 6.20. The van der Waals surface area contributed by atoms with Crippen molar-refractivity contribution in [1.82, 2.24) is 4.90 Å². The van der Waals surface area contributed by atoms with Crippen LogP contribution in [0.5, 0.6) is 5.75 Å². The fraction of sp³-hybridized carbons (Fsp3) is 0.269. The van der Waals surface area contributed by atoms with Crippen LogP contribution in [-0.4, -0.2) is 25.3 Å². The Morgan fingerprint density at radius 3 is 2.24 bits per heavy atom. The van der Waals surface area contributed by atoms with Gasteiger partial charge in [-0.15, -0.1) is 0 Å². The first kappa shape index (κ1) is 24.5. The van der Waals surface area contributed by atoms with Crippen molar-refractivity contribution in [3.05, 3.63) is 95.8 Å². The molecule has 0 fully saturated rings. The summed E-state index contributed by atoms with van der Waals surface area (Å²) in [4.78, 5) is 15.1. The average molecular weight is 470 g/mol. The number of amides is 1. The lowest BCUT2D eigenvalue weighted by molar-refractivity contribution is -0.135. The Morgan fingerprint density at radius 1 is 0.970 bits per heavy atom. The van der Waals surface area contributed by atoms with Crippen molar-refractivity contribution in [3.63, 3.8) is 0 Å². The van der Waals surface area contributed by atoms with Crippen LogP contribution in [0, 0.1) is 5.82 Å². The molecule has 3 aromatic carbocycles. The standard InChI is InChI=1S/C26H28FNO4S/c1-4-25(21-10-6-5-7-11-21)26(29)28(19(2)3)18-20-9-8-12-23(17-20)32-33(30,31)24-15-13-22(27)14-16-24/h5-17,19,25H,4,18H2,1-3H3/t25-/m0/s1. The summed E-state index contributed by atoms with van der Waals surface area (Å²) in [6.07, 6.45) is 0.672. The van der Waals surface area contributed by atoms with Gasteiger partial charge in [0.05, 0.1) is 5.92 Å². The summed E-state index contributed by atoms with van der Waals surface area (Å²) < 4.78 is 43.5. The summed E-state index contributed by atoms with van der Waals surface area (Å²) in [5.74, 6) is -0.644. The van der Waals surface area contributed by atoms with Crippen LogP contribution >= 0.6 is 0 Å². The normalized spacial score (nSPS) is 12.4. The highest BCUT2D eigenvalue weighted by molar-refractivity contribution is 7.87. The molecule has 0 aromatic heterocycles. The molecule has 0 unspecified atom stereocenters. The number of carbonyl (C=O) groups is 1. The van der Waals surface area contributed by atoms with Crippen LogP contribution in [-0.2, 0) is 21.5 Å². The minimum absolute atomic E-state index is 0.0176. The van der Waals surface area contributed by atoms with Crippen molar-refractivity contribution in [2.24, 2.45) is 0 Å². The monoisotopic (exact) mass is 469 g/mol. The molecule has 7 heteroatoms. The highest BCUT2D eigenvalue weighted by atomic mass is 32.2. The molecule has 5 nitrogen and oxygen atoms in total. The van der Waals surface area contributed by atoms with Crippen LogP contribution in [0.25, 0.3) is 0 Å². The van der Waals surface area contributed by atoms with Gasteiger partial charge in [0, 0.05) is 12.6 Å². The Hall–Kier alpha value is -3.19. The molecule has 0 heterocycles. The molecule has 0 saturated heterocycles. The lowest BCUT2D eigenvalue weighted by atomic mass is 9.94. The highest BCUT2D eigenvalue weighted by Crippen LogP contribution is 2.26. The zero-order chi connectivity index (χ0) is 24.0. The summed E-state index contributed by atoms with van der Waals surface area (Å²) in [7, 11) is -4.11. The molecule has 1 amide bonds. The third-order valence-electron chi connectivity index (χ3n) is 5.37. The first-order chi connectivity index (χ1) is 15.7. The Balaban J connectivity index is 1.80. The van der Waals surface area contributed by atoms with Gasteiger partial charge in [0.25, 0.3) is 0 Å². The number of benzene rings is 3.